The van der Waals surface area contributed by atoms with Crippen LogP contribution in [0.2, 0.25) is 0 Å². The zero-order chi connectivity index (χ0) is 23.6. The number of hydrogen-bond donors (Lipinski definition) is 3. The first-order chi connectivity index (χ1) is 14.9. The molecule has 0 aromatic heterocycles. The molecular formula is C29H48O3. The van der Waals surface area contributed by atoms with E-state index in [4.69, 9.17) is 0 Å². The molecule has 3 nitrogen and oxygen atoms in total. The van der Waals surface area contributed by atoms with E-state index in [1.54, 1.807) is 0 Å². The summed E-state index contributed by atoms with van der Waals surface area (Å²) in [6, 6.07) is 0. The molecule has 4 rings (SSSR count). The van der Waals surface area contributed by atoms with Gasteiger partial charge in [-0.1, -0.05) is 65.8 Å². The SMILES string of the molecule is C=C(/C=C\[C@H](C)[C@H]1CC[C@@H]2[C@]1(C)C[C@H](O)[C@@H]1[C@@]3(C)CC[C@H](O)[C@@H](C)[C@@H]3CC[C@@]21O)C(C)C. The zero-order valence-corrected chi connectivity index (χ0v) is 21.3. The van der Waals surface area contributed by atoms with Crippen LogP contribution in [0.1, 0.15) is 86.5 Å². The van der Waals surface area contributed by atoms with Crippen LogP contribution >= 0.6 is 0 Å². The molecule has 0 aromatic carbocycles. The second-order valence-electron chi connectivity index (χ2n) is 13.0. The molecule has 182 valence electrons. The molecule has 3 heteroatoms. The van der Waals surface area contributed by atoms with Crippen molar-refractivity contribution in [1.82, 2.24) is 0 Å². The minimum atomic E-state index is -0.792. The second kappa shape index (κ2) is 8.24. The molecule has 0 bridgehead atoms. The molecule has 0 aliphatic heterocycles. The third-order valence-electron chi connectivity index (χ3n) is 11.2. The van der Waals surface area contributed by atoms with Crippen LogP contribution in [0.15, 0.2) is 24.3 Å². The average Bonchev–Trinajstić information content (AvgIpc) is 3.06. The number of aliphatic hydroxyl groups is 3. The molecule has 0 radical (unpaired) electrons. The maximum atomic E-state index is 12.4. The number of rotatable bonds is 4. The molecule has 0 spiro atoms. The third kappa shape index (κ3) is 3.48. The molecule has 0 aromatic rings. The molecular weight excluding hydrogens is 396 g/mol. The van der Waals surface area contributed by atoms with E-state index in [9.17, 15) is 15.3 Å². The molecule has 32 heavy (non-hydrogen) atoms. The molecule has 4 fully saturated rings. The topological polar surface area (TPSA) is 60.7 Å². The molecule has 0 saturated heterocycles. The lowest BCUT2D eigenvalue weighted by Crippen LogP contribution is -2.69. The molecule has 4 aliphatic rings. The Hall–Kier alpha value is -0.640. The van der Waals surface area contributed by atoms with Crippen molar-refractivity contribution in [3.8, 4) is 0 Å². The van der Waals surface area contributed by atoms with Crippen LogP contribution in [0.25, 0.3) is 0 Å². The highest BCUT2D eigenvalue weighted by molar-refractivity contribution is 5.22. The highest BCUT2D eigenvalue weighted by Crippen LogP contribution is 2.70. The van der Waals surface area contributed by atoms with Crippen molar-refractivity contribution in [3.63, 3.8) is 0 Å². The second-order valence-corrected chi connectivity index (χ2v) is 13.0. The van der Waals surface area contributed by atoms with Crippen LogP contribution in [-0.4, -0.2) is 33.1 Å². The summed E-state index contributed by atoms with van der Waals surface area (Å²) in [6.07, 6.45) is 10.2. The van der Waals surface area contributed by atoms with E-state index in [2.05, 4.69) is 60.3 Å². The van der Waals surface area contributed by atoms with Gasteiger partial charge < -0.3 is 15.3 Å². The highest BCUT2D eigenvalue weighted by atomic mass is 16.3. The molecule has 0 unspecified atom stereocenters. The van der Waals surface area contributed by atoms with Gasteiger partial charge in [-0.15, -0.1) is 0 Å². The van der Waals surface area contributed by atoms with Gasteiger partial charge in [0.05, 0.1) is 17.8 Å². The van der Waals surface area contributed by atoms with E-state index >= 15 is 0 Å². The monoisotopic (exact) mass is 444 g/mol. The van der Waals surface area contributed by atoms with Gasteiger partial charge in [-0.05, 0) is 91.3 Å². The van der Waals surface area contributed by atoms with Crippen molar-refractivity contribution in [2.75, 3.05) is 0 Å². The van der Waals surface area contributed by atoms with Crippen LogP contribution in [0, 0.1) is 52.3 Å². The minimum Gasteiger partial charge on any atom is -0.393 e. The van der Waals surface area contributed by atoms with Crippen molar-refractivity contribution in [2.24, 2.45) is 52.3 Å². The fraction of sp³-hybridized carbons (Fsp3) is 0.862. The fourth-order valence-corrected chi connectivity index (χ4v) is 9.44. The Kier molecular flexibility index (Phi) is 6.30. The summed E-state index contributed by atoms with van der Waals surface area (Å²) < 4.78 is 0. The van der Waals surface area contributed by atoms with E-state index in [1.165, 1.54) is 5.57 Å². The molecule has 0 heterocycles. The fourth-order valence-electron chi connectivity index (χ4n) is 9.44. The van der Waals surface area contributed by atoms with Gasteiger partial charge in [0.25, 0.3) is 0 Å². The van der Waals surface area contributed by atoms with Crippen molar-refractivity contribution < 1.29 is 15.3 Å². The molecule has 4 saturated carbocycles. The first-order valence-corrected chi connectivity index (χ1v) is 13.3. The Labute approximate surface area is 196 Å². The van der Waals surface area contributed by atoms with Crippen molar-refractivity contribution in [3.05, 3.63) is 24.3 Å². The van der Waals surface area contributed by atoms with Gasteiger partial charge in [0.1, 0.15) is 0 Å². The van der Waals surface area contributed by atoms with Crippen LogP contribution in [0.3, 0.4) is 0 Å². The number of allylic oxidation sites excluding steroid dienone is 3. The maximum Gasteiger partial charge on any atom is 0.0739 e. The summed E-state index contributed by atoms with van der Waals surface area (Å²) in [6.45, 7) is 17.7. The Balaban J connectivity index is 1.63. The van der Waals surface area contributed by atoms with Crippen LogP contribution in [0.4, 0.5) is 0 Å². The molecule has 3 N–H and O–H groups in total. The third-order valence-corrected chi connectivity index (χ3v) is 11.2. The summed E-state index contributed by atoms with van der Waals surface area (Å²) in [4.78, 5) is 0. The minimum absolute atomic E-state index is 0.0451. The predicted octanol–water partition coefficient (Wildman–Crippen LogP) is 5.74. The summed E-state index contributed by atoms with van der Waals surface area (Å²) >= 11 is 0. The Bertz CT molecular complexity index is 758. The lowest BCUT2D eigenvalue weighted by atomic mass is 9.40. The lowest BCUT2D eigenvalue weighted by molar-refractivity contribution is -0.267. The first kappa shape index (κ1) is 24.5. The van der Waals surface area contributed by atoms with Crippen LogP contribution in [-0.2, 0) is 0 Å². The summed E-state index contributed by atoms with van der Waals surface area (Å²) in [5.41, 5.74) is 0.236. The summed E-state index contributed by atoms with van der Waals surface area (Å²) in [5, 5.41) is 34.6. The van der Waals surface area contributed by atoms with Gasteiger partial charge in [-0.25, -0.2) is 0 Å². The number of aliphatic hydroxyl groups excluding tert-OH is 2. The van der Waals surface area contributed by atoms with Gasteiger partial charge in [0.2, 0.25) is 0 Å². The summed E-state index contributed by atoms with van der Waals surface area (Å²) in [5.74, 6) is 2.14. The van der Waals surface area contributed by atoms with E-state index in [0.29, 0.717) is 23.7 Å². The largest absolute Gasteiger partial charge is 0.393 e. The average molecular weight is 445 g/mol. The zero-order valence-electron chi connectivity index (χ0n) is 21.3. The van der Waals surface area contributed by atoms with Gasteiger partial charge >= 0.3 is 0 Å². The van der Waals surface area contributed by atoms with Crippen molar-refractivity contribution in [1.29, 1.82) is 0 Å². The van der Waals surface area contributed by atoms with Crippen molar-refractivity contribution in [2.45, 2.75) is 104 Å². The Morgan fingerprint density at radius 3 is 2.31 bits per heavy atom. The van der Waals surface area contributed by atoms with E-state index in [1.807, 2.05) is 0 Å². The van der Waals surface area contributed by atoms with Gasteiger partial charge in [-0.2, -0.15) is 0 Å². The summed E-state index contributed by atoms with van der Waals surface area (Å²) in [7, 11) is 0. The Morgan fingerprint density at radius 1 is 0.969 bits per heavy atom. The highest BCUT2D eigenvalue weighted by Gasteiger charge is 2.70. The van der Waals surface area contributed by atoms with E-state index < -0.39 is 11.7 Å². The van der Waals surface area contributed by atoms with Crippen molar-refractivity contribution >= 4 is 0 Å². The first-order valence-electron chi connectivity index (χ1n) is 13.3. The smallest absolute Gasteiger partial charge is 0.0739 e. The molecule has 0 amide bonds. The van der Waals surface area contributed by atoms with Crippen LogP contribution < -0.4 is 0 Å². The van der Waals surface area contributed by atoms with Gasteiger partial charge in [0.15, 0.2) is 0 Å². The number of fused-ring (bicyclic) bond motifs is 5. The van der Waals surface area contributed by atoms with E-state index in [-0.39, 0.29) is 34.7 Å². The van der Waals surface area contributed by atoms with Gasteiger partial charge in [-0.3, -0.25) is 0 Å². The lowest BCUT2D eigenvalue weighted by Gasteiger charge is -2.67. The molecule has 4 aliphatic carbocycles. The molecule has 11 atom stereocenters. The maximum absolute atomic E-state index is 12.4. The van der Waals surface area contributed by atoms with Crippen LogP contribution in [0.5, 0.6) is 0 Å². The van der Waals surface area contributed by atoms with E-state index in [0.717, 1.165) is 44.9 Å². The Morgan fingerprint density at radius 2 is 1.66 bits per heavy atom. The van der Waals surface area contributed by atoms with Gasteiger partial charge in [0, 0.05) is 5.92 Å². The predicted molar refractivity (Wildman–Crippen MR) is 131 cm³/mol. The number of hydrogen-bond acceptors (Lipinski definition) is 3. The quantitative estimate of drug-likeness (QED) is 0.484. The standard InChI is InChI=1S/C29H48O3/c1-17(2)18(3)8-9-19(4)21-10-11-25-28(21,7)16-24(31)26-27(6)14-13-23(30)20(5)22(27)12-15-29(25,26)32/h8-9,17,19-26,30-32H,3,10-16H2,1-2,4-7H3/b9-8-/t19-,20-,21+,22-,23-,24-,25+,26+,27-,28+,29+/m0/s1. The normalized spacial score (nSPS) is 51.9.